The molecule has 0 radical (unpaired) electrons. The highest BCUT2D eigenvalue weighted by molar-refractivity contribution is 7.16. The van der Waals surface area contributed by atoms with Gasteiger partial charge in [-0.3, -0.25) is 0 Å². The van der Waals surface area contributed by atoms with Gasteiger partial charge in [-0.25, -0.2) is 0 Å². The van der Waals surface area contributed by atoms with Crippen LogP contribution in [0.3, 0.4) is 0 Å². The van der Waals surface area contributed by atoms with Crippen LogP contribution in [-0.2, 0) is 13.1 Å². The first-order valence-electron chi connectivity index (χ1n) is 7.29. The summed E-state index contributed by atoms with van der Waals surface area (Å²) < 4.78 is 3.15. The van der Waals surface area contributed by atoms with Crippen molar-refractivity contribution in [1.29, 1.82) is 0 Å². The van der Waals surface area contributed by atoms with E-state index >= 15 is 0 Å². The van der Waals surface area contributed by atoms with Crippen LogP contribution in [0.15, 0.2) is 42.6 Å². The van der Waals surface area contributed by atoms with E-state index in [1.807, 2.05) is 6.07 Å². The second kappa shape index (κ2) is 6.65. The Morgan fingerprint density at radius 2 is 2.10 bits per heavy atom. The van der Waals surface area contributed by atoms with E-state index in [1.165, 1.54) is 21.3 Å². The summed E-state index contributed by atoms with van der Waals surface area (Å²) in [6.45, 7) is 5.06. The molecule has 0 spiro atoms. The lowest BCUT2D eigenvalue weighted by atomic mass is 10.1. The Labute approximate surface area is 134 Å². The van der Waals surface area contributed by atoms with Crippen molar-refractivity contribution in [3.63, 3.8) is 0 Å². The van der Waals surface area contributed by atoms with Crippen LogP contribution in [0.25, 0.3) is 10.9 Å². The SMILES string of the molecule is CCCNCc1cccc2c1ccn2Cc1ccc(Cl)s1. The Kier molecular flexibility index (Phi) is 4.63. The molecule has 0 aliphatic carbocycles. The number of rotatable bonds is 6. The van der Waals surface area contributed by atoms with Crippen molar-refractivity contribution in [3.05, 3.63) is 57.4 Å². The topological polar surface area (TPSA) is 17.0 Å². The molecule has 0 aliphatic heterocycles. The maximum atomic E-state index is 6.02. The molecule has 2 nitrogen and oxygen atoms in total. The van der Waals surface area contributed by atoms with E-state index in [1.54, 1.807) is 11.3 Å². The van der Waals surface area contributed by atoms with Crippen LogP contribution in [-0.4, -0.2) is 11.1 Å². The molecule has 0 amide bonds. The van der Waals surface area contributed by atoms with Crippen molar-refractivity contribution in [1.82, 2.24) is 9.88 Å². The third-order valence-corrected chi connectivity index (χ3v) is 4.82. The van der Waals surface area contributed by atoms with Gasteiger partial charge in [-0.05, 0) is 42.8 Å². The summed E-state index contributed by atoms with van der Waals surface area (Å²) in [6.07, 6.45) is 3.33. The second-order valence-electron chi connectivity index (χ2n) is 5.18. The number of fused-ring (bicyclic) bond motifs is 1. The van der Waals surface area contributed by atoms with Crippen LogP contribution in [0.4, 0.5) is 0 Å². The molecule has 2 aromatic heterocycles. The van der Waals surface area contributed by atoms with E-state index in [0.29, 0.717) is 0 Å². The van der Waals surface area contributed by atoms with Gasteiger partial charge in [-0.1, -0.05) is 30.7 Å². The number of nitrogens with zero attached hydrogens (tertiary/aromatic N) is 1. The minimum absolute atomic E-state index is 0.853. The van der Waals surface area contributed by atoms with E-state index in [2.05, 4.69) is 53.3 Å². The smallest absolute Gasteiger partial charge is 0.0931 e. The molecular weight excluding hydrogens is 300 g/mol. The van der Waals surface area contributed by atoms with Crippen molar-refractivity contribution >= 4 is 33.8 Å². The zero-order valence-corrected chi connectivity index (χ0v) is 13.7. The Morgan fingerprint density at radius 1 is 1.19 bits per heavy atom. The molecule has 0 saturated heterocycles. The molecule has 0 unspecified atom stereocenters. The molecule has 110 valence electrons. The molecule has 4 heteroatoms. The summed E-state index contributed by atoms with van der Waals surface area (Å²) in [6, 6.07) is 12.8. The summed E-state index contributed by atoms with van der Waals surface area (Å²) in [7, 11) is 0. The van der Waals surface area contributed by atoms with Gasteiger partial charge in [0.2, 0.25) is 0 Å². The van der Waals surface area contributed by atoms with Gasteiger partial charge in [0.1, 0.15) is 0 Å². The summed E-state index contributed by atoms with van der Waals surface area (Å²) in [4.78, 5) is 1.28. The van der Waals surface area contributed by atoms with Crippen LogP contribution >= 0.6 is 22.9 Å². The maximum absolute atomic E-state index is 6.02. The Morgan fingerprint density at radius 3 is 2.86 bits per heavy atom. The largest absolute Gasteiger partial charge is 0.342 e. The van der Waals surface area contributed by atoms with Crippen molar-refractivity contribution in [2.24, 2.45) is 0 Å². The number of benzene rings is 1. The fourth-order valence-electron chi connectivity index (χ4n) is 2.58. The summed E-state index contributed by atoms with van der Waals surface area (Å²) in [5.41, 5.74) is 2.65. The summed E-state index contributed by atoms with van der Waals surface area (Å²) >= 11 is 7.66. The van der Waals surface area contributed by atoms with Gasteiger partial charge >= 0.3 is 0 Å². The van der Waals surface area contributed by atoms with Gasteiger partial charge < -0.3 is 9.88 Å². The number of hydrogen-bond acceptors (Lipinski definition) is 2. The second-order valence-corrected chi connectivity index (χ2v) is 6.98. The van der Waals surface area contributed by atoms with Crippen LogP contribution in [0.5, 0.6) is 0 Å². The van der Waals surface area contributed by atoms with E-state index in [9.17, 15) is 0 Å². The summed E-state index contributed by atoms with van der Waals surface area (Å²) in [5, 5.41) is 4.82. The van der Waals surface area contributed by atoms with E-state index < -0.39 is 0 Å². The number of hydrogen-bond donors (Lipinski definition) is 1. The maximum Gasteiger partial charge on any atom is 0.0931 e. The average Bonchev–Trinajstić information content (AvgIpc) is 3.07. The molecule has 3 aromatic rings. The van der Waals surface area contributed by atoms with Gasteiger partial charge in [-0.2, -0.15) is 0 Å². The van der Waals surface area contributed by atoms with Gasteiger partial charge in [0.25, 0.3) is 0 Å². The van der Waals surface area contributed by atoms with E-state index in [0.717, 1.165) is 30.4 Å². The van der Waals surface area contributed by atoms with Gasteiger partial charge in [0.05, 0.1) is 10.9 Å². The highest BCUT2D eigenvalue weighted by Gasteiger charge is 2.07. The van der Waals surface area contributed by atoms with Crippen LogP contribution in [0, 0.1) is 0 Å². The van der Waals surface area contributed by atoms with Crippen LogP contribution < -0.4 is 5.32 Å². The highest BCUT2D eigenvalue weighted by Crippen LogP contribution is 2.25. The van der Waals surface area contributed by atoms with Crippen molar-refractivity contribution in [2.45, 2.75) is 26.4 Å². The molecule has 21 heavy (non-hydrogen) atoms. The first-order valence-corrected chi connectivity index (χ1v) is 8.49. The fourth-order valence-corrected chi connectivity index (χ4v) is 3.67. The lowest BCUT2D eigenvalue weighted by molar-refractivity contribution is 0.678. The third-order valence-electron chi connectivity index (χ3n) is 3.60. The third kappa shape index (κ3) is 3.31. The van der Waals surface area contributed by atoms with E-state index in [-0.39, 0.29) is 0 Å². The normalized spacial score (nSPS) is 11.3. The van der Waals surface area contributed by atoms with Crippen molar-refractivity contribution in [2.75, 3.05) is 6.54 Å². The Hall–Kier alpha value is -1.29. The molecule has 3 rings (SSSR count). The van der Waals surface area contributed by atoms with Gasteiger partial charge in [0, 0.05) is 28.5 Å². The van der Waals surface area contributed by atoms with Gasteiger partial charge in [0.15, 0.2) is 0 Å². The van der Waals surface area contributed by atoms with E-state index in [4.69, 9.17) is 11.6 Å². The van der Waals surface area contributed by atoms with Gasteiger partial charge in [-0.15, -0.1) is 11.3 Å². The lowest BCUT2D eigenvalue weighted by Gasteiger charge is -2.07. The molecule has 0 bridgehead atoms. The number of halogens is 1. The monoisotopic (exact) mass is 318 g/mol. The number of aromatic nitrogens is 1. The quantitative estimate of drug-likeness (QED) is 0.639. The van der Waals surface area contributed by atoms with Crippen LogP contribution in [0.2, 0.25) is 4.34 Å². The predicted octanol–water partition coefficient (Wildman–Crippen LogP) is 4.90. The zero-order chi connectivity index (χ0) is 14.7. The first kappa shape index (κ1) is 14.6. The number of nitrogens with one attached hydrogen (secondary N) is 1. The lowest BCUT2D eigenvalue weighted by Crippen LogP contribution is -2.13. The first-order chi connectivity index (χ1) is 10.3. The molecule has 0 aliphatic rings. The summed E-state index contributed by atoms with van der Waals surface area (Å²) in [5.74, 6) is 0. The van der Waals surface area contributed by atoms with Crippen molar-refractivity contribution < 1.29 is 0 Å². The molecular formula is C17H19ClN2S. The minimum Gasteiger partial charge on any atom is -0.342 e. The molecule has 0 saturated carbocycles. The predicted molar refractivity (Wildman–Crippen MR) is 92.4 cm³/mol. The Balaban J connectivity index is 1.86. The molecule has 0 fully saturated rings. The Bertz CT molecular complexity index is 729. The number of thiophene rings is 1. The fraction of sp³-hybridized carbons (Fsp3) is 0.294. The van der Waals surface area contributed by atoms with Crippen LogP contribution in [0.1, 0.15) is 23.8 Å². The minimum atomic E-state index is 0.853. The zero-order valence-electron chi connectivity index (χ0n) is 12.1. The average molecular weight is 319 g/mol. The molecule has 1 aromatic carbocycles. The van der Waals surface area contributed by atoms with Crippen molar-refractivity contribution in [3.8, 4) is 0 Å². The molecule has 1 N–H and O–H groups in total. The standard InChI is InChI=1S/C17H19ClN2S/c1-2-9-19-11-13-4-3-5-16-15(13)8-10-20(16)12-14-6-7-17(18)21-14/h3-8,10,19H,2,9,11-12H2,1H3. The highest BCUT2D eigenvalue weighted by atomic mass is 35.5. The molecule has 2 heterocycles. The molecule has 0 atom stereocenters.